The van der Waals surface area contributed by atoms with Crippen molar-refractivity contribution in [2.75, 3.05) is 4.90 Å². The van der Waals surface area contributed by atoms with E-state index in [0.29, 0.717) is 15.7 Å². The molecule has 2 saturated heterocycles. The maximum Gasteiger partial charge on any atom is 0.241 e. The number of imide groups is 1. The Labute approximate surface area is 203 Å². The highest BCUT2D eigenvalue weighted by Gasteiger charge is 2.74. The Bertz CT molecular complexity index is 1390. The Kier molecular flexibility index (Phi) is 4.53. The minimum atomic E-state index is -2.06. The zero-order valence-electron chi connectivity index (χ0n) is 18.0. The normalized spacial score (nSPS) is 24.8. The van der Waals surface area contributed by atoms with Crippen LogP contribution in [0.3, 0.4) is 0 Å². The molecule has 6 rings (SSSR count). The lowest BCUT2D eigenvalue weighted by molar-refractivity contribution is -0.127. The number of ketones is 2. The number of hydrogen-bond donors (Lipinski definition) is 0. The van der Waals surface area contributed by atoms with Crippen molar-refractivity contribution in [3.63, 3.8) is 0 Å². The van der Waals surface area contributed by atoms with Crippen LogP contribution in [0.5, 0.6) is 0 Å². The van der Waals surface area contributed by atoms with Gasteiger partial charge >= 0.3 is 0 Å². The van der Waals surface area contributed by atoms with E-state index in [1.165, 1.54) is 0 Å². The molecule has 0 saturated carbocycles. The fourth-order valence-electron chi connectivity index (χ4n) is 5.54. The Morgan fingerprint density at radius 2 is 1.47 bits per heavy atom. The average molecular weight is 516 g/mol. The van der Waals surface area contributed by atoms with Crippen LogP contribution < -0.4 is 4.90 Å². The second-order valence-corrected chi connectivity index (χ2v) is 9.71. The lowest BCUT2D eigenvalue weighted by Gasteiger charge is -2.27. The van der Waals surface area contributed by atoms with Gasteiger partial charge in [0.05, 0.1) is 23.6 Å². The van der Waals surface area contributed by atoms with E-state index < -0.39 is 46.9 Å². The lowest BCUT2D eigenvalue weighted by Crippen LogP contribution is -2.51. The maximum atomic E-state index is 13.9. The lowest BCUT2D eigenvalue weighted by atomic mass is 9.77. The van der Waals surface area contributed by atoms with Gasteiger partial charge in [0, 0.05) is 15.6 Å². The van der Waals surface area contributed by atoms with Crippen molar-refractivity contribution in [1.82, 2.24) is 0 Å². The van der Waals surface area contributed by atoms with Crippen LogP contribution in [0.1, 0.15) is 37.9 Å². The van der Waals surface area contributed by atoms with Crippen LogP contribution in [0.25, 0.3) is 0 Å². The van der Waals surface area contributed by atoms with Gasteiger partial charge in [0.25, 0.3) is 0 Å². The van der Waals surface area contributed by atoms with Crippen molar-refractivity contribution in [3.8, 4) is 0 Å². The van der Waals surface area contributed by atoms with Gasteiger partial charge in [0.1, 0.15) is 0 Å². The van der Waals surface area contributed by atoms with Crippen LogP contribution in [-0.4, -0.2) is 29.0 Å². The molecule has 3 aromatic rings. The number of halogens is 1. The molecule has 0 N–H and O–H groups in total. The molecule has 3 atom stereocenters. The highest BCUT2D eigenvalue weighted by atomic mass is 79.9. The molecule has 168 valence electrons. The van der Waals surface area contributed by atoms with Gasteiger partial charge in [-0.3, -0.25) is 19.2 Å². The number of carbonyl (C=O) groups excluding carboxylic acids is 4. The van der Waals surface area contributed by atoms with E-state index in [9.17, 15) is 19.2 Å². The van der Waals surface area contributed by atoms with Crippen LogP contribution in [-0.2, 0) is 14.3 Å². The fourth-order valence-corrected chi connectivity index (χ4v) is 6.00. The van der Waals surface area contributed by atoms with Gasteiger partial charge in [-0.1, -0.05) is 66.2 Å². The third kappa shape index (κ3) is 2.59. The minimum Gasteiger partial charge on any atom is -0.349 e. The van der Waals surface area contributed by atoms with Crippen LogP contribution in [0, 0.1) is 18.8 Å². The number of aryl methyl sites for hydroxylation is 1. The summed E-state index contributed by atoms with van der Waals surface area (Å²) in [5.41, 5.74) is 0.335. The van der Waals surface area contributed by atoms with Crippen molar-refractivity contribution in [3.05, 3.63) is 99.5 Å². The molecule has 2 heterocycles. The molecular formula is C27H18BrNO5. The van der Waals surface area contributed by atoms with Gasteiger partial charge in [-0.15, -0.1) is 0 Å². The van der Waals surface area contributed by atoms with Gasteiger partial charge in [0.2, 0.25) is 29.0 Å². The first-order chi connectivity index (χ1) is 16.4. The van der Waals surface area contributed by atoms with E-state index in [1.54, 1.807) is 54.6 Å². The van der Waals surface area contributed by atoms with Gasteiger partial charge in [-0.2, -0.15) is 0 Å². The number of carbonyl (C=O) groups is 4. The first-order valence-corrected chi connectivity index (χ1v) is 11.7. The van der Waals surface area contributed by atoms with Crippen molar-refractivity contribution in [2.24, 2.45) is 11.8 Å². The Morgan fingerprint density at radius 1 is 0.824 bits per heavy atom. The van der Waals surface area contributed by atoms with Gasteiger partial charge < -0.3 is 4.74 Å². The number of hydrogen-bond acceptors (Lipinski definition) is 5. The molecule has 1 spiro atoms. The Hall–Kier alpha value is -3.42. The topological polar surface area (TPSA) is 80.8 Å². The van der Waals surface area contributed by atoms with E-state index in [4.69, 9.17) is 4.74 Å². The summed E-state index contributed by atoms with van der Waals surface area (Å²) in [6, 6.07) is 20.7. The standard InChI is InChI=1S/C27H18BrNO5/c1-14-7-6-8-15(13-14)22-20-21(26(33)29(25(20)32)19-12-5-4-11-18(19)28)27(34-22)23(30)16-9-2-3-10-17(16)24(27)31/h2-13,20-22H,1H3/t20-,21+,22-/m1/s1. The van der Waals surface area contributed by atoms with Crippen LogP contribution in [0.2, 0.25) is 0 Å². The summed E-state index contributed by atoms with van der Waals surface area (Å²) in [6.07, 6.45) is -0.920. The number of rotatable bonds is 2. The van der Waals surface area contributed by atoms with E-state index in [0.717, 1.165) is 10.5 Å². The number of amides is 2. The number of benzene rings is 3. The molecule has 2 amide bonds. The molecule has 3 aliphatic rings. The zero-order valence-corrected chi connectivity index (χ0v) is 19.6. The molecule has 3 aromatic carbocycles. The largest absolute Gasteiger partial charge is 0.349 e. The third-order valence-electron chi connectivity index (χ3n) is 6.98. The molecule has 7 heteroatoms. The summed E-state index contributed by atoms with van der Waals surface area (Å²) in [6.45, 7) is 1.91. The molecule has 0 unspecified atom stereocenters. The molecule has 34 heavy (non-hydrogen) atoms. The molecule has 0 radical (unpaired) electrons. The summed E-state index contributed by atoms with van der Waals surface area (Å²) < 4.78 is 6.86. The van der Waals surface area contributed by atoms with E-state index in [1.807, 2.05) is 25.1 Å². The summed E-state index contributed by atoms with van der Waals surface area (Å²) >= 11 is 3.42. The highest BCUT2D eigenvalue weighted by Crippen LogP contribution is 2.58. The molecule has 6 nitrogen and oxygen atoms in total. The third-order valence-corrected chi connectivity index (χ3v) is 7.65. The molecule has 2 aliphatic heterocycles. The Balaban J connectivity index is 1.57. The van der Waals surface area contributed by atoms with Crippen LogP contribution >= 0.6 is 15.9 Å². The van der Waals surface area contributed by atoms with Crippen molar-refractivity contribution in [1.29, 1.82) is 0 Å². The molecule has 0 bridgehead atoms. The summed E-state index contributed by atoms with van der Waals surface area (Å²) in [7, 11) is 0. The first-order valence-electron chi connectivity index (χ1n) is 10.9. The van der Waals surface area contributed by atoms with Crippen molar-refractivity contribution in [2.45, 2.75) is 18.6 Å². The SMILES string of the molecule is Cc1cccc([C@H]2OC3(C(=O)c4ccccc4C3=O)[C@@H]3C(=O)N(c4ccccc4Br)C(=O)[C@@H]23)c1. The number of para-hydroxylation sites is 1. The number of nitrogens with zero attached hydrogens (tertiary/aromatic N) is 1. The predicted molar refractivity (Wildman–Crippen MR) is 126 cm³/mol. The molecule has 2 fully saturated rings. The van der Waals surface area contributed by atoms with Gasteiger partial charge in [-0.05, 0) is 40.5 Å². The summed E-state index contributed by atoms with van der Waals surface area (Å²) in [5.74, 6) is -4.48. The van der Waals surface area contributed by atoms with Gasteiger partial charge in [-0.25, -0.2) is 4.90 Å². The second kappa shape index (κ2) is 7.29. The zero-order chi connectivity index (χ0) is 23.8. The van der Waals surface area contributed by atoms with Crippen LogP contribution in [0.4, 0.5) is 5.69 Å². The predicted octanol–water partition coefficient (Wildman–Crippen LogP) is 4.45. The molecular weight excluding hydrogens is 498 g/mol. The fraction of sp³-hybridized carbons (Fsp3) is 0.185. The van der Waals surface area contributed by atoms with E-state index in [-0.39, 0.29) is 11.1 Å². The number of Topliss-reactive ketones (excluding diaryl/α,β-unsaturated/α-hetero) is 2. The number of anilines is 1. The summed E-state index contributed by atoms with van der Waals surface area (Å²) in [5, 5.41) is 0. The Morgan fingerprint density at radius 3 is 2.12 bits per heavy atom. The maximum absolute atomic E-state index is 13.9. The quantitative estimate of drug-likeness (QED) is 0.372. The first kappa shape index (κ1) is 21.1. The molecule has 0 aromatic heterocycles. The smallest absolute Gasteiger partial charge is 0.241 e. The van der Waals surface area contributed by atoms with Crippen molar-refractivity contribution >= 4 is 45.0 Å². The molecule has 1 aliphatic carbocycles. The van der Waals surface area contributed by atoms with Gasteiger partial charge in [0.15, 0.2) is 0 Å². The minimum absolute atomic E-state index is 0.218. The average Bonchev–Trinajstić information content (AvgIpc) is 3.40. The van der Waals surface area contributed by atoms with Crippen molar-refractivity contribution < 1.29 is 23.9 Å². The second-order valence-electron chi connectivity index (χ2n) is 8.86. The van der Waals surface area contributed by atoms with Crippen LogP contribution in [0.15, 0.2) is 77.3 Å². The van der Waals surface area contributed by atoms with E-state index >= 15 is 0 Å². The van der Waals surface area contributed by atoms with E-state index in [2.05, 4.69) is 15.9 Å². The highest BCUT2D eigenvalue weighted by molar-refractivity contribution is 9.10. The number of ether oxygens (including phenoxy) is 1. The summed E-state index contributed by atoms with van der Waals surface area (Å²) in [4.78, 5) is 56.3. The monoisotopic (exact) mass is 515 g/mol. The number of fused-ring (bicyclic) bond motifs is 3.